The summed E-state index contributed by atoms with van der Waals surface area (Å²) in [7, 11) is 0. The van der Waals surface area contributed by atoms with E-state index >= 15 is 0 Å². The zero-order valence-electron chi connectivity index (χ0n) is 15.9. The van der Waals surface area contributed by atoms with E-state index in [9.17, 15) is 9.59 Å². The molecule has 142 valence electrons. The van der Waals surface area contributed by atoms with Gasteiger partial charge in [-0.3, -0.25) is 9.59 Å². The Bertz CT molecular complexity index is 934. The molecule has 4 heteroatoms. The molecule has 0 fully saturated rings. The van der Waals surface area contributed by atoms with Crippen molar-refractivity contribution in [2.24, 2.45) is 0 Å². The van der Waals surface area contributed by atoms with Gasteiger partial charge in [0.25, 0.3) is 5.91 Å². The number of unbranched alkanes of at least 4 members (excludes halogenated alkanes) is 1. The number of nitrogens with one attached hydrogen (secondary N) is 2. The maximum atomic E-state index is 12.5. The molecule has 0 bridgehead atoms. The van der Waals surface area contributed by atoms with E-state index in [1.54, 1.807) is 12.1 Å². The van der Waals surface area contributed by atoms with E-state index in [2.05, 4.69) is 17.6 Å². The standard InChI is InChI=1S/C24H24N2O2/c1-2-3-12-23(27)25-21-10-7-11-22(17-21)26-24(28)20-15-13-19(14-16-20)18-8-5-4-6-9-18/h4-11,13-17H,2-3,12H2,1H3,(H,25,27)(H,26,28). The lowest BCUT2D eigenvalue weighted by atomic mass is 10.0. The highest BCUT2D eigenvalue weighted by Crippen LogP contribution is 2.20. The second-order valence-corrected chi connectivity index (χ2v) is 6.63. The first-order chi connectivity index (χ1) is 13.7. The van der Waals surface area contributed by atoms with E-state index < -0.39 is 0 Å². The van der Waals surface area contributed by atoms with Gasteiger partial charge in [-0.25, -0.2) is 0 Å². The summed E-state index contributed by atoms with van der Waals surface area (Å²) < 4.78 is 0. The SMILES string of the molecule is CCCCC(=O)Nc1cccc(NC(=O)c2ccc(-c3ccccc3)cc2)c1. The number of hydrogen-bond donors (Lipinski definition) is 2. The summed E-state index contributed by atoms with van der Waals surface area (Å²) in [6.45, 7) is 2.05. The zero-order chi connectivity index (χ0) is 19.8. The van der Waals surface area contributed by atoms with Gasteiger partial charge in [0.1, 0.15) is 0 Å². The third-order valence-corrected chi connectivity index (χ3v) is 4.42. The molecule has 0 spiro atoms. The first-order valence-corrected chi connectivity index (χ1v) is 9.52. The molecule has 0 saturated carbocycles. The Kier molecular flexibility index (Phi) is 6.58. The van der Waals surface area contributed by atoms with E-state index in [1.165, 1.54) is 0 Å². The molecule has 2 amide bonds. The number of hydrogen-bond acceptors (Lipinski definition) is 2. The van der Waals surface area contributed by atoms with Crippen molar-refractivity contribution < 1.29 is 9.59 Å². The Labute approximate surface area is 165 Å². The predicted molar refractivity (Wildman–Crippen MR) is 114 cm³/mol. The Morgan fingerprint density at radius 3 is 2.07 bits per heavy atom. The maximum absolute atomic E-state index is 12.5. The normalized spacial score (nSPS) is 10.3. The van der Waals surface area contributed by atoms with Crippen LogP contribution in [0.4, 0.5) is 11.4 Å². The van der Waals surface area contributed by atoms with Crippen LogP contribution in [0, 0.1) is 0 Å². The minimum Gasteiger partial charge on any atom is -0.326 e. The van der Waals surface area contributed by atoms with Crippen LogP contribution >= 0.6 is 0 Å². The molecule has 3 aromatic carbocycles. The number of carbonyl (C=O) groups excluding carboxylic acids is 2. The van der Waals surface area contributed by atoms with Crippen LogP contribution in [0.3, 0.4) is 0 Å². The summed E-state index contributed by atoms with van der Waals surface area (Å²) >= 11 is 0. The molecule has 0 aliphatic rings. The lowest BCUT2D eigenvalue weighted by Gasteiger charge is -2.09. The van der Waals surface area contributed by atoms with E-state index in [-0.39, 0.29) is 11.8 Å². The van der Waals surface area contributed by atoms with Crippen molar-refractivity contribution in [1.82, 2.24) is 0 Å². The van der Waals surface area contributed by atoms with Gasteiger partial charge >= 0.3 is 0 Å². The number of amides is 2. The molecule has 4 nitrogen and oxygen atoms in total. The van der Waals surface area contributed by atoms with Crippen LogP contribution in [0.5, 0.6) is 0 Å². The van der Waals surface area contributed by atoms with Crippen molar-refractivity contribution >= 4 is 23.2 Å². The van der Waals surface area contributed by atoms with Crippen LogP contribution in [0.25, 0.3) is 11.1 Å². The van der Waals surface area contributed by atoms with Crippen molar-refractivity contribution in [3.63, 3.8) is 0 Å². The Balaban J connectivity index is 1.64. The predicted octanol–water partition coefficient (Wildman–Crippen LogP) is 5.73. The molecule has 3 aromatic rings. The summed E-state index contributed by atoms with van der Waals surface area (Å²) in [5, 5.41) is 5.75. The summed E-state index contributed by atoms with van der Waals surface area (Å²) in [6.07, 6.45) is 2.34. The third-order valence-electron chi connectivity index (χ3n) is 4.42. The molecular formula is C24H24N2O2. The molecule has 3 rings (SSSR count). The molecule has 0 aliphatic carbocycles. The van der Waals surface area contributed by atoms with Gasteiger partial charge in [-0.2, -0.15) is 0 Å². The van der Waals surface area contributed by atoms with Crippen molar-refractivity contribution in [3.8, 4) is 11.1 Å². The van der Waals surface area contributed by atoms with Crippen molar-refractivity contribution in [3.05, 3.63) is 84.4 Å². The molecule has 0 unspecified atom stereocenters. The lowest BCUT2D eigenvalue weighted by molar-refractivity contribution is -0.116. The fourth-order valence-electron chi connectivity index (χ4n) is 2.88. The lowest BCUT2D eigenvalue weighted by Crippen LogP contribution is -2.13. The van der Waals surface area contributed by atoms with Gasteiger partial charge in [-0.1, -0.05) is 61.9 Å². The van der Waals surface area contributed by atoms with Crippen LogP contribution in [-0.2, 0) is 4.79 Å². The summed E-state index contributed by atoms with van der Waals surface area (Å²) in [5.41, 5.74) is 4.08. The van der Waals surface area contributed by atoms with Crippen LogP contribution in [0.15, 0.2) is 78.9 Å². The van der Waals surface area contributed by atoms with Gasteiger partial charge in [0.05, 0.1) is 0 Å². The molecule has 0 radical (unpaired) electrons. The fraction of sp³-hybridized carbons (Fsp3) is 0.167. The second kappa shape index (κ2) is 9.51. The number of benzene rings is 3. The highest BCUT2D eigenvalue weighted by atomic mass is 16.2. The smallest absolute Gasteiger partial charge is 0.255 e. The first-order valence-electron chi connectivity index (χ1n) is 9.52. The van der Waals surface area contributed by atoms with Gasteiger partial charge in [0.2, 0.25) is 5.91 Å². The van der Waals surface area contributed by atoms with E-state index in [0.29, 0.717) is 23.4 Å². The van der Waals surface area contributed by atoms with Gasteiger partial charge in [0.15, 0.2) is 0 Å². The van der Waals surface area contributed by atoms with Crippen LogP contribution < -0.4 is 10.6 Å². The van der Waals surface area contributed by atoms with E-state index in [1.807, 2.05) is 66.7 Å². The number of anilines is 2. The quantitative estimate of drug-likeness (QED) is 0.556. The third kappa shape index (κ3) is 5.30. The van der Waals surface area contributed by atoms with E-state index in [0.717, 1.165) is 24.0 Å². The maximum Gasteiger partial charge on any atom is 0.255 e. The number of rotatable bonds is 7. The summed E-state index contributed by atoms with van der Waals surface area (Å²) in [5.74, 6) is -0.198. The summed E-state index contributed by atoms with van der Waals surface area (Å²) in [4.78, 5) is 24.4. The molecule has 0 atom stereocenters. The van der Waals surface area contributed by atoms with Gasteiger partial charge in [-0.15, -0.1) is 0 Å². The van der Waals surface area contributed by atoms with Gasteiger partial charge in [-0.05, 0) is 47.9 Å². The average molecular weight is 372 g/mol. The molecule has 0 saturated heterocycles. The Morgan fingerprint density at radius 1 is 0.750 bits per heavy atom. The van der Waals surface area contributed by atoms with Gasteiger partial charge < -0.3 is 10.6 Å². The molecule has 28 heavy (non-hydrogen) atoms. The van der Waals surface area contributed by atoms with E-state index in [4.69, 9.17) is 0 Å². The Hall–Kier alpha value is -3.40. The molecule has 0 heterocycles. The fourth-order valence-corrected chi connectivity index (χ4v) is 2.88. The molecular weight excluding hydrogens is 348 g/mol. The van der Waals surface area contributed by atoms with Crippen LogP contribution in [-0.4, -0.2) is 11.8 Å². The zero-order valence-corrected chi connectivity index (χ0v) is 15.9. The monoisotopic (exact) mass is 372 g/mol. The molecule has 0 aromatic heterocycles. The Morgan fingerprint density at radius 2 is 1.39 bits per heavy atom. The minimum absolute atomic E-state index is 0.0122. The summed E-state index contributed by atoms with van der Waals surface area (Å²) in [6, 6.07) is 24.7. The second-order valence-electron chi connectivity index (χ2n) is 6.63. The minimum atomic E-state index is -0.186. The number of carbonyl (C=O) groups is 2. The van der Waals surface area contributed by atoms with Crippen LogP contribution in [0.1, 0.15) is 36.5 Å². The molecule has 0 aliphatic heterocycles. The largest absolute Gasteiger partial charge is 0.326 e. The van der Waals surface area contributed by atoms with Crippen molar-refractivity contribution in [2.45, 2.75) is 26.2 Å². The first kappa shape index (κ1) is 19.4. The van der Waals surface area contributed by atoms with Gasteiger partial charge in [0, 0.05) is 23.4 Å². The highest BCUT2D eigenvalue weighted by molar-refractivity contribution is 6.05. The topological polar surface area (TPSA) is 58.2 Å². The van der Waals surface area contributed by atoms with Crippen molar-refractivity contribution in [1.29, 1.82) is 0 Å². The molecule has 2 N–H and O–H groups in total. The van der Waals surface area contributed by atoms with Crippen LogP contribution in [0.2, 0.25) is 0 Å². The van der Waals surface area contributed by atoms with Crippen molar-refractivity contribution in [2.75, 3.05) is 10.6 Å². The average Bonchev–Trinajstić information content (AvgIpc) is 2.73. The highest BCUT2D eigenvalue weighted by Gasteiger charge is 2.08.